The highest BCUT2D eigenvalue weighted by atomic mass is 19.3. The van der Waals surface area contributed by atoms with Crippen LogP contribution >= 0.6 is 0 Å². The molecule has 0 spiro atoms. The van der Waals surface area contributed by atoms with E-state index in [1.165, 1.54) is 0 Å². The first-order valence-corrected chi connectivity index (χ1v) is 2.19. The Morgan fingerprint density at radius 2 is 2.11 bits per heavy atom. The zero-order valence-electron chi connectivity index (χ0n) is 4.27. The molecule has 1 fully saturated rings. The van der Waals surface area contributed by atoms with Gasteiger partial charge in [0.05, 0.1) is 0 Å². The van der Waals surface area contributed by atoms with Gasteiger partial charge in [0.15, 0.2) is 5.94 Å². The molecule has 0 amide bonds. The predicted octanol–water partition coefficient (Wildman–Crippen LogP) is 0.639. The van der Waals surface area contributed by atoms with Crippen molar-refractivity contribution in [3.8, 4) is 0 Å². The Morgan fingerprint density at radius 1 is 1.67 bits per heavy atom. The second-order valence-electron chi connectivity index (χ2n) is 1.84. The van der Waals surface area contributed by atoms with Crippen LogP contribution in [-0.2, 0) is 4.79 Å². The Balaban J connectivity index is 2.73. The van der Waals surface area contributed by atoms with Crippen LogP contribution in [0.5, 0.6) is 0 Å². The van der Waals surface area contributed by atoms with E-state index in [1.807, 2.05) is 0 Å². The van der Waals surface area contributed by atoms with Gasteiger partial charge in [0, 0.05) is 4.48 Å². The van der Waals surface area contributed by atoms with E-state index in [0.29, 0.717) is 0 Å². The van der Waals surface area contributed by atoms with Gasteiger partial charge in [0.1, 0.15) is 0 Å². The molecule has 1 rings (SSSR count). The van der Waals surface area contributed by atoms with E-state index in [4.69, 9.17) is 0 Å². The van der Waals surface area contributed by atoms with Crippen molar-refractivity contribution in [3.63, 3.8) is 0 Å². The van der Waals surface area contributed by atoms with Crippen molar-refractivity contribution in [2.75, 3.05) is 6.54 Å². The smallest absolute Gasteiger partial charge is 0.228 e. The molecule has 1 aliphatic rings. The molecule has 0 bridgehead atoms. The first kappa shape index (κ1) is 6.32. The number of rotatable bonds is 1. The molecule has 0 radical (unpaired) electrons. The topological polar surface area (TPSA) is 17.1 Å². The van der Waals surface area contributed by atoms with E-state index in [-0.39, 0.29) is 6.20 Å². The summed E-state index contributed by atoms with van der Waals surface area (Å²) in [6.45, 7) is -0.942. The number of hydrogen-bond acceptors (Lipinski definition) is 1. The zero-order chi connectivity index (χ0) is 7.12. The van der Waals surface area contributed by atoms with Gasteiger partial charge in [-0.05, 0) is 4.71 Å². The summed E-state index contributed by atoms with van der Waals surface area (Å²) < 4.78 is 33.6. The van der Waals surface area contributed by atoms with Gasteiger partial charge in [-0.25, -0.2) is 4.79 Å². The molecule has 0 saturated carbocycles. The molecule has 0 aliphatic carbocycles. The highest BCUT2D eigenvalue weighted by molar-refractivity contribution is 5.42. The van der Waals surface area contributed by atoms with Crippen LogP contribution in [0.1, 0.15) is 0 Å². The third-order valence-electron chi connectivity index (χ3n) is 1.12. The Labute approximate surface area is 48.7 Å². The van der Waals surface area contributed by atoms with Gasteiger partial charge >= 0.3 is 6.05 Å². The van der Waals surface area contributed by atoms with Crippen LogP contribution in [0.15, 0.2) is 6.20 Å². The van der Waals surface area contributed by atoms with Crippen LogP contribution in [0.2, 0.25) is 0 Å². The van der Waals surface area contributed by atoms with Crippen molar-refractivity contribution >= 4 is 5.94 Å². The van der Waals surface area contributed by atoms with Gasteiger partial charge in [-0.2, -0.15) is 0 Å². The lowest BCUT2D eigenvalue weighted by molar-refractivity contribution is -0.944. The van der Waals surface area contributed by atoms with Crippen LogP contribution in [-0.4, -0.2) is 23.2 Å². The molecule has 0 aromatic carbocycles. The molecule has 1 aliphatic heterocycles. The minimum Gasteiger partial charge on any atom is -0.228 e. The molecule has 1 heterocycles. The normalized spacial score (nSPS) is 37.2. The highest BCUT2D eigenvalue weighted by Crippen LogP contribution is 2.46. The van der Waals surface area contributed by atoms with Crippen LogP contribution in [0.3, 0.4) is 0 Å². The molecule has 5 heteroatoms. The summed E-state index contributed by atoms with van der Waals surface area (Å²) in [7, 11) is 0. The lowest BCUT2D eigenvalue weighted by atomic mass is 10.9. The van der Waals surface area contributed by atoms with Crippen LogP contribution in [0, 0.1) is 0 Å². The van der Waals surface area contributed by atoms with Crippen molar-refractivity contribution in [1.29, 1.82) is 0 Å². The number of hydrogen-bond donors (Lipinski definition) is 0. The lowest BCUT2D eigenvalue weighted by Crippen LogP contribution is -2.13. The maximum atomic E-state index is 12.1. The van der Waals surface area contributed by atoms with E-state index in [0.717, 1.165) is 5.94 Å². The average Bonchev–Trinajstić information content (AvgIpc) is 2.07. The van der Waals surface area contributed by atoms with Gasteiger partial charge in [-0.3, -0.25) is 0 Å². The first-order chi connectivity index (χ1) is 4.02. The third-order valence-corrected chi connectivity index (χ3v) is 1.12. The van der Waals surface area contributed by atoms with E-state index in [9.17, 15) is 18.1 Å². The van der Waals surface area contributed by atoms with Crippen LogP contribution in [0.25, 0.3) is 0 Å². The van der Waals surface area contributed by atoms with Crippen molar-refractivity contribution in [1.82, 2.24) is 0 Å². The Bertz CT molecular complexity index is 186. The Kier molecular flexibility index (Phi) is 0.964. The molecule has 50 valence electrons. The summed E-state index contributed by atoms with van der Waals surface area (Å²) in [4.78, 5) is 9.38. The molecule has 0 N–H and O–H groups in total. The number of carbonyl (C=O) groups excluding carboxylic acids is 1. The molecule has 1 unspecified atom stereocenters. The minimum atomic E-state index is -3.39. The van der Waals surface area contributed by atoms with E-state index < -0.39 is 17.3 Å². The van der Waals surface area contributed by atoms with E-state index >= 15 is 0 Å². The van der Waals surface area contributed by atoms with Crippen molar-refractivity contribution in [3.05, 3.63) is 6.20 Å². The number of halogens is 3. The van der Waals surface area contributed by atoms with E-state index in [2.05, 4.69) is 0 Å². The minimum absolute atomic E-state index is 0.167. The van der Waals surface area contributed by atoms with Crippen molar-refractivity contribution < 1.29 is 22.8 Å². The van der Waals surface area contributed by atoms with Crippen LogP contribution < -0.4 is 0 Å². The van der Waals surface area contributed by atoms with Gasteiger partial charge in [0.2, 0.25) is 6.20 Å². The molecule has 1 atom stereocenters. The fraction of sp³-hybridized carbons (Fsp3) is 0.500. The summed E-state index contributed by atoms with van der Waals surface area (Å²) in [6, 6.07) is -3.39. The largest absolute Gasteiger partial charge is 0.485 e. The fourth-order valence-corrected chi connectivity index (χ4v) is 0.465. The summed E-state index contributed by atoms with van der Waals surface area (Å²) in [5.41, 5.74) is 0. The first-order valence-electron chi connectivity index (χ1n) is 2.19. The van der Waals surface area contributed by atoms with Crippen LogP contribution in [0.4, 0.5) is 13.3 Å². The number of quaternary nitrogens is 1. The highest BCUT2D eigenvalue weighted by Gasteiger charge is 2.78. The summed E-state index contributed by atoms with van der Waals surface area (Å²) in [5.74, 6) is 0.968. The molecular formula is C4H3F3NO+. The second kappa shape index (κ2) is 1.37. The SMILES string of the molecule is O=C=C[N+]1(F)CC1(F)F. The second-order valence-corrected chi connectivity index (χ2v) is 1.84. The lowest BCUT2D eigenvalue weighted by Gasteiger charge is -1.90. The average molecular weight is 138 g/mol. The molecular weight excluding hydrogens is 135 g/mol. The summed E-state index contributed by atoms with van der Waals surface area (Å²) in [5, 5.41) is 0. The van der Waals surface area contributed by atoms with Crippen molar-refractivity contribution in [2.24, 2.45) is 0 Å². The van der Waals surface area contributed by atoms with Gasteiger partial charge in [-0.1, -0.05) is 0 Å². The monoisotopic (exact) mass is 138 g/mol. The molecule has 0 aromatic rings. The van der Waals surface area contributed by atoms with Gasteiger partial charge < -0.3 is 0 Å². The molecule has 1 saturated heterocycles. The fourth-order valence-electron chi connectivity index (χ4n) is 0.465. The number of nitrogens with zero attached hydrogens (tertiary/aromatic N) is 1. The van der Waals surface area contributed by atoms with Crippen molar-refractivity contribution in [2.45, 2.75) is 6.05 Å². The summed E-state index contributed by atoms with van der Waals surface area (Å²) in [6.07, 6.45) is 0.167. The number of alkyl halides is 2. The summed E-state index contributed by atoms with van der Waals surface area (Å²) >= 11 is 0. The molecule has 2 nitrogen and oxygen atoms in total. The molecule has 0 aromatic heterocycles. The van der Waals surface area contributed by atoms with Gasteiger partial charge in [-0.15, -0.1) is 8.78 Å². The predicted molar refractivity (Wildman–Crippen MR) is 21.4 cm³/mol. The third kappa shape index (κ3) is 0.742. The van der Waals surface area contributed by atoms with Gasteiger partial charge in [0.25, 0.3) is 6.54 Å². The Hall–Kier alpha value is -0.800. The standard InChI is InChI=1S/C4H3F3NO/c5-4(6)3-8(4,7)1-2-9/h1H,3H2/q+1. The maximum absolute atomic E-state index is 12.1. The quantitative estimate of drug-likeness (QED) is 0.225. The molecule has 9 heavy (non-hydrogen) atoms. The Morgan fingerprint density at radius 3 is 2.22 bits per heavy atom. The maximum Gasteiger partial charge on any atom is 0.485 e. The van der Waals surface area contributed by atoms with E-state index in [1.54, 1.807) is 0 Å². The zero-order valence-corrected chi connectivity index (χ0v) is 4.27.